The fourth-order valence-corrected chi connectivity index (χ4v) is 2.57. The summed E-state index contributed by atoms with van der Waals surface area (Å²) in [5.74, 6) is 0. The van der Waals surface area contributed by atoms with Crippen LogP contribution in [0.1, 0.15) is 47.5 Å². The first kappa shape index (κ1) is 11.0. The Morgan fingerprint density at radius 2 is 1.85 bits per heavy atom. The number of likely N-dealkylation sites (tertiary alicyclic amines) is 1. The highest BCUT2D eigenvalue weighted by molar-refractivity contribution is 4.95. The average Bonchev–Trinajstić information content (AvgIpc) is 1.79. The summed E-state index contributed by atoms with van der Waals surface area (Å²) < 4.78 is 13.2. The monoisotopic (exact) mass is 187 g/mol. The lowest BCUT2D eigenvalue weighted by Crippen LogP contribution is -2.58. The molecule has 1 unspecified atom stereocenters. The molecule has 1 aliphatic heterocycles. The minimum absolute atomic E-state index is 0.00984. The lowest BCUT2D eigenvalue weighted by atomic mass is 9.85. The van der Waals surface area contributed by atoms with Gasteiger partial charge in [-0.1, -0.05) is 0 Å². The van der Waals surface area contributed by atoms with Gasteiger partial charge in [-0.2, -0.15) is 0 Å². The zero-order valence-corrected chi connectivity index (χ0v) is 9.52. The van der Waals surface area contributed by atoms with Crippen molar-refractivity contribution in [2.75, 3.05) is 6.54 Å². The van der Waals surface area contributed by atoms with Gasteiger partial charge in [-0.05, 0) is 47.5 Å². The Labute approximate surface area is 81.3 Å². The molecule has 0 bridgehead atoms. The Hall–Kier alpha value is -0.110. The van der Waals surface area contributed by atoms with Crippen LogP contribution in [0.15, 0.2) is 0 Å². The van der Waals surface area contributed by atoms with Crippen molar-refractivity contribution >= 4 is 0 Å². The zero-order chi connectivity index (χ0) is 10.3. The van der Waals surface area contributed by atoms with Gasteiger partial charge in [0, 0.05) is 17.6 Å². The van der Waals surface area contributed by atoms with Crippen LogP contribution in [0.25, 0.3) is 0 Å². The van der Waals surface area contributed by atoms with Gasteiger partial charge >= 0.3 is 0 Å². The Balaban J connectivity index is 2.76. The van der Waals surface area contributed by atoms with E-state index in [0.717, 1.165) is 6.54 Å². The van der Waals surface area contributed by atoms with E-state index in [1.165, 1.54) is 0 Å². The summed E-state index contributed by atoms with van der Waals surface area (Å²) in [6.07, 6.45) is 0.763. The molecule has 0 aliphatic carbocycles. The molecule has 13 heavy (non-hydrogen) atoms. The van der Waals surface area contributed by atoms with Gasteiger partial charge in [0.15, 0.2) is 0 Å². The molecule has 0 aromatic heterocycles. The molecule has 0 amide bonds. The molecule has 0 aromatic carbocycles. The van der Waals surface area contributed by atoms with Gasteiger partial charge in [-0.25, -0.2) is 4.39 Å². The first-order valence-electron chi connectivity index (χ1n) is 5.15. The van der Waals surface area contributed by atoms with Crippen LogP contribution in [-0.2, 0) is 0 Å². The summed E-state index contributed by atoms with van der Waals surface area (Å²) in [5, 5.41) is 0. The number of halogens is 1. The maximum absolute atomic E-state index is 13.2. The average molecular weight is 187 g/mol. The first-order chi connectivity index (χ1) is 5.73. The Morgan fingerprint density at radius 1 is 1.31 bits per heavy atom. The minimum atomic E-state index is -0.603. The number of hydrogen-bond acceptors (Lipinski definition) is 1. The van der Waals surface area contributed by atoms with Gasteiger partial charge in [0.05, 0.1) is 0 Å². The molecule has 0 N–H and O–H groups in total. The van der Waals surface area contributed by atoms with Crippen molar-refractivity contribution < 1.29 is 4.39 Å². The van der Waals surface area contributed by atoms with Crippen molar-refractivity contribution in [2.45, 2.75) is 64.7 Å². The van der Waals surface area contributed by atoms with Crippen LogP contribution in [0.3, 0.4) is 0 Å². The highest BCUT2D eigenvalue weighted by Crippen LogP contribution is 2.34. The molecule has 1 rings (SSSR count). The summed E-state index contributed by atoms with van der Waals surface area (Å²) in [6.45, 7) is 11.8. The van der Waals surface area contributed by atoms with E-state index < -0.39 is 6.17 Å². The third kappa shape index (κ3) is 2.43. The maximum Gasteiger partial charge on any atom is 0.103 e. The highest BCUT2D eigenvalue weighted by Gasteiger charge is 2.39. The molecule has 1 saturated heterocycles. The van der Waals surface area contributed by atoms with Crippen LogP contribution < -0.4 is 0 Å². The van der Waals surface area contributed by atoms with Crippen molar-refractivity contribution in [3.05, 3.63) is 0 Å². The minimum Gasteiger partial charge on any atom is -0.293 e. The topological polar surface area (TPSA) is 3.24 Å². The lowest BCUT2D eigenvalue weighted by Gasteiger charge is -2.51. The lowest BCUT2D eigenvalue weighted by molar-refractivity contribution is -0.0295. The molecule has 1 aliphatic rings. The summed E-state index contributed by atoms with van der Waals surface area (Å²) in [6, 6.07) is 0. The highest BCUT2D eigenvalue weighted by atomic mass is 19.1. The Bertz CT molecular complexity index is 181. The van der Waals surface area contributed by atoms with Gasteiger partial charge in [0.25, 0.3) is 0 Å². The predicted molar refractivity (Wildman–Crippen MR) is 54.7 cm³/mol. The molecule has 1 nitrogen and oxygen atoms in total. The van der Waals surface area contributed by atoms with Crippen molar-refractivity contribution in [1.82, 2.24) is 4.90 Å². The van der Waals surface area contributed by atoms with Crippen molar-refractivity contribution in [3.63, 3.8) is 0 Å². The van der Waals surface area contributed by atoms with Gasteiger partial charge in [0.1, 0.15) is 6.17 Å². The van der Waals surface area contributed by atoms with Crippen molar-refractivity contribution in [3.8, 4) is 0 Å². The van der Waals surface area contributed by atoms with E-state index in [1.807, 2.05) is 0 Å². The van der Waals surface area contributed by atoms with E-state index in [4.69, 9.17) is 0 Å². The number of piperidine rings is 1. The molecule has 0 radical (unpaired) electrons. The molecular formula is C11H22FN. The largest absolute Gasteiger partial charge is 0.293 e. The molecular weight excluding hydrogens is 165 g/mol. The fraction of sp³-hybridized carbons (Fsp3) is 1.00. The molecule has 1 fully saturated rings. The second kappa shape index (κ2) is 3.23. The van der Waals surface area contributed by atoms with E-state index in [1.54, 1.807) is 0 Å². The number of alkyl halides is 1. The van der Waals surface area contributed by atoms with Gasteiger partial charge < -0.3 is 0 Å². The molecule has 2 heteroatoms. The maximum atomic E-state index is 13.2. The van der Waals surface area contributed by atoms with Crippen LogP contribution in [0.2, 0.25) is 0 Å². The predicted octanol–water partition coefficient (Wildman–Crippen LogP) is 3.00. The number of rotatable bonds is 0. The number of hydrogen-bond donors (Lipinski definition) is 0. The van der Waals surface area contributed by atoms with E-state index >= 15 is 0 Å². The zero-order valence-electron chi connectivity index (χ0n) is 9.52. The molecule has 1 atom stereocenters. The summed E-state index contributed by atoms with van der Waals surface area (Å²) >= 11 is 0. The molecule has 78 valence electrons. The van der Waals surface area contributed by atoms with Crippen LogP contribution in [0.4, 0.5) is 4.39 Å². The standard InChI is InChI=1S/C11H22FN/c1-10(2,3)13-7-6-9(12)8-11(13,4)5/h9H,6-8H2,1-5H3. The Morgan fingerprint density at radius 3 is 2.23 bits per heavy atom. The molecule has 0 spiro atoms. The Kier molecular flexibility index (Phi) is 2.73. The van der Waals surface area contributed by atoms with E-state index in [2.05, 4.69) is 39.5 Å². The van der Waals surface area contributed by atoms with Crippen LogP contribution >= 0.6 is 0 Å². The third-order valence-corrected chi connectivity index (χ3v) is 2.93. The smallest absolute Gasteiger partial charge is 0.103 e. The van der Waals surface area contributed by atoms with Crippen molar-refractivity contribution in [2.24, 2.45) is 0 Å². The second-order valence-electron chi connectivity index (χ2n) is 5.72. The normalized spacial score (nSPS) is 30.5. The fourth-order valence-electron chi connectivity index (χ4n) is 2.57. The van der Waals surface area contributed by atoms with E-state index in [9.17, 15) is 4.39 Å². The van der Waals surface area contributed by atoms with Gasteiger partial charge in [-0.3, -0.25) is 4.90 Å². The van der Waals surface area contributed by atoms with E-state index in [0.29, 0.717) is 12.8 Å². The van der Waals surface area contributed by atoms with Gasteiger partial charge in [-0.15, -0.1) is 0 Å². The molecule has 0 saturated carbocycles. The summed E-state index contributed by atoms with van der Waals surface area (Å²) in [4.78, 5) is 2.41. The van der Waals surface area contributed by atoms with Crippen LogP contribution in [0.5, 0.6) is 0 Å². The van der Waals surface area contributed by atoms with Crippen LogP contribution in [-0.4, -0.2) is 28.7 Å². The molecule has 0 aromatic rings. The van der Waals surface area contributed by atoms with Crippen LogP contribution in [0, 0.1) is 0 Å². The molecule has 1 heterocycles. The SMILES string of the molecule is CC(C)(C)N1CCC(F)CC1(C)C. The summed E-state index contributed by atoms with van der Waals surface area (Å²) in [5.41, 5.74) is 0.166. The first-order valence-corrected chi connectivity index (χ1v) is 5.15. The third-order valence-electron chi connectivity index (χ3n) is 2.93. The van der Waals surface area contributed by atoms with E-state index in [-0.39, 0.29) is 11.1 Å². The second-order valence-corrected chi connectivity index (χ2v) is 5.72. The van der Waals surface area contributed by atoms with Crippen molar-refractivity contribution in [1.29, 1.82) is 0 Å². The van der Waals surface area contributed by atoms with Gasteiger partial charge in [0.2, 0.25) is 0 Å². The quantitative estimate of drug-likeness (QED) is 0.563. The summed E-state index contributed by atoms with van der Waals surface area (Å²) in [7, 11) is 0. The number of nitrogens with zero attached hydrogens (tertiary/aromatic N) is 1.